The summed E-state index contributed by atoms with van der Waals surface area (Å²) in [6, 6.07) is 25.2. The Bertz CT molecular complexity index is 1920. The van der Waals surface area contributed by atoms with Crippen molar-refractivity contribution in [3.63, 3.8) is 0 Å². The number of rotatable bonds is 4. The molecule has 2 aliphatic rings. The van der Waals surface area contributed by atoms with Crippen molar-refractivity contribution in [2.24, 2.45) is 0 Å². The Hall–Kier alpha value is -4.07. The van der Waals surface area contributed by atoms with Gasteiger partial charge in [0.05, 0.1) is 0 Å². The van der Waals surface area contributed by atoms with Gasteiger partial charge in [0.25, 0.3) is 0 Å². The van der Waals surface area contributed by atoms with Gasteiger partial charge in [0, 0.05) is 0 Å². The topological polar surface area (TPSA) is 78.8 Å². The summed E-state index contributed by atoms with van der Waals surface area (Å²) in [5.74, 6) is 2.22. The van der Waals surface area contributed by atoms with E-state index in [0.717, 1.165) is 56.0 Å². The average molecular weight is 791 g/mol. The quantitative estimate of drug-likeness (QED) is 0.216. The summed E-state index contributed by atoms with van der Waals surface area (Å²) in [6.45, 7) is 26.4. The smallest absolute Gasteiger partial charge is 0.127 e. The molecule has 0 aromatic heterocycles. The van der Waals surface area contributed by atoms with Gasteiger partial charge in [-0.15, -0.1) is 5.75 Å². The number of benzene rings is 4. The number of nitrogens with zero attached hydrogens (tertiary/aromatic N) is 2. The Morgan fingerprint density at radius 3 is 1.36 bits per heavy atom. The Labute approximate surface area is 337 Å². The summed E-state index contributed by atoms with van der Waals surface area (Å²) in [4.78, 5) is 0. The number of ether oxygens (including phenoxy) is 1. The van der Waals surface area contributed by atoms with Crippen LogP contribution in [0.3, 0.4) is 0 Å². The number of fused-ring (bicyclic) bond motifs is 1. The molecule has 6 nitrogen and oxygen atoms in total. The molecule has 1 heterocycles. The molecule has 1 aliphatic carbocycles. The van der Waals surface area contributed by atoms with Crippen molar-refractivity contribution in [2.75, 3.05) is 0 Å². The van der Waals surface area contributed by atoms with Crippen LogP contribution < -0.4 is 9.84 Å². The maximum atomic E-state index is 11.5. The van der Waals surface area contributed by atoms with E-state index >= 15 is 0 Å². The van der Waals surface area contributed by atoms with E-state index in [9.17, 15) is 15.3 Å². The first-order valence-corrected chi connectivity index (χ1v) is 20.6. The fraction of sp³-hybridized carbons (Fsp3) is 0.458. The van der Waals surface area contributed by atoms with Crippen LogP contribution in [0.25, 0.3) is 0 Å². The molecule has 0 bridgehead atoms. The van der Waals surface area contributed by atoms with Crippen LogP contribution in [0.4, 0.5) is 0 Å². The van der Waals surface area contributed by atoms with Crippen molar-refractivity contribution in [1.29, 1.82) is 0 Å². The van der Waals surface area contributed by atoms with Gasteiger partial charge in [-0.1, -0.05) is 30.3 Å². The third-order valence-electron chi connectivity index (χ3n) is 10.4. The van der Waals surface area contributed by atoms with Crippen molar-refractivity contribution >= 4 is 12.4 Å². The summed E-state index contributed by atoms with van der Waals surface area (Å²) < 4.78 is 10.3. The van der Waals surface area contributed by atoms with Gasteiger partial charge in [0.2, 0.25) is 0 Å². The number of hydrogen-bond donors (Lipinski definition) is 2. The van der Waals surface area contributed by atoms with Crippen LogP contribution in [-0.4, -0.2) is 42.0 Å². The largest absolute Gasteiger partial charge is 0.872 e. The van der Waals surface area contributed by atoms with Crippen LogP contribution in [0.15, 0.2) is 78.9 Å². The fourth-order valence-corrected chi connectivity index (χ4v) is 8.59. The van der Waals surface area contributed by atoms with E-state index in [0.29, 0.717) is 29.3 Å². The third-order valence-corrected chi connectivity index (χ3v) is 11.8. The first-order valence-electron chi connectivity index (χ1n) is 19.7. The van der Waals surface area contributed by atoms with E-state index in [-0.39, 0.29) is 27.4 Å². The molecule has 0 amide bonds. The summed E-state index contributed by atoms with van der Waals surface area (Å²) in [5, 5.41) is 33.8. The number of phenolic OH excluding ortho intramolecular Hbond substituents is 2. The molecule has 2 fully saturated rings. The van der Waals surface area contributed by atoms with E-state index in [2.05, 4.69) is 127 Å². The molecule has 0 radical (unpaired) electrons. The SMILES string of the molecule is CC(C)(C)c1cc(C=[N+]2[Co][N+](=Cc3cc(C(C)(C)C)cc(C(C)(C)C)c3O)C3CCCCC32)c(O)c(C(C)(C)C)c1.[O-]c1ccc(Oc2ccccc2)cc1. The van der Waals surface area contributed by atoms with Crippen LogP contribution in [0.5, 0.6) is 28.7 Å². The standard InChI is InChI=1S/C36H54N2O2.C12H10O2.Co/c1-33(2,3)25-17-23(31(39)27(19-25)35(7,8)9)21-37-29-15-13-14-16-30(29)38-22-24-18-26(34(4,5)6)20-28(32(24)40)36(10,11)12;13-10-6-8-12(9-7-10)14-11-4-2-1-3-5-11;/h17-22,29-30,39-40H,13-16H2,1-12H3;1-9,13H;/q;;+2/p-1. The molecule has 2 N–H and O–H groups in total. The number of aromatic hydroxyl groups is 2. The van der Waals surface area contributed by atoms with Gasteiger partial charge in [-0.3, -0.25) is 0 Å². The molecule has 7 heteroatoms. The zero-order valence-electron chi connectivity index (χ0n) is 35.1. The molecule has 1 saturated heterocycles. The molecule has 1 aliphatic heterocycles. The molecule has 0 spiro atoms. The number of para-hydroxylation sites is 1. The minimum absolute atomic E-state index is 0.00888. The summed E-state index contributed by atoms with van der Waals surface area (Å²) in [6.07, 6.45) is 9.09. The van der Waals surface area contributed by atoms with Gasteiger partial charge in [0.1, 0.15) is 11.5 Å². The average Bonchev–Trinajstić information content (AvgIpc) is 3.43. The maximum absolute atomic E-state index is 11.5. The maximum Gasteiger partial charge on any atom is 0.127 e. The molecular formula is C48H63CoN2O4+. The molecule has 297 valence electrons. The zero-order valence-corrected chi connectivity index (χ0v) is 36.1. The summed E-state index contributed by atoms with van der Waals surface area (Å²) in [7, 11) is 0. The molecule has 2 atom stereocenters. The van der Waals surface area contributed by atoms with Crippen LogP contribution in [0, 0.1) is 0 Å². The van der Waals surface area contributed by atoms with Gasteiger partial charge in [-0.25, -0.2) is 0 Å². The minimum atomic E-state index is -0.163. The van der Waals surface area contributed by atoms with Gasteiger partial charge >= 0.3 is 257 Å². The first-order chi connectivity index (χ1) is 25.5. The van der Waals surface area contributed by atoms with Gasteiger partial charge in [-0.05, 0) is 24.3 Å². The minimum Gasteiger partial charge on any atom is -0.872 e. The zero-order chi connectivity index (χ0) is 40.5. The van der Waals surface area contributed by atoms with Gasteiger partial charge < -0.3 is 9.84 Å². The molecule has 4 aromatic carbocycles. The predicted octanol–water partition coefficient (Wildman–Crippen LogP) is 10.6. The van der Waals surface area contributed by atoms with E-state index in [4.69, 9.17) is 4.74 Å². The first kappa shape index (κ1) is 42.1. The third kappa shape index (κ3) is 10.4. The predicted molar refractivity (Wildman–Crippen MR) is 220 cm³/mol. The van der Waals surface area contributed by atoms with Crippen molar-refractivity contribution < 1.29 is 42.4 Å². The summed E-state index contributed by atoms with van der Waals surface area (Å²) in [5.41, 5.74) is 5.89. The molecular weight excluding hydrogens is 727 g/mol. The second-order valence-corrected chi connectivity index (χ2v) is 20.5. The van der Waals surface area contributed by atoms with Crippen molar-refractivity contribution in [3.05, 3.63) is 112 Å². The fourth-order valence-electron chi connectivity index (χ4n) is 6.96. The van der Waals surface area contributed by atoms with Crippen LogP contribution in [-0.2, 0) is 36.8 Å². The van der Waals surface area contributed by atoms with Crippen LogP contribution in [0.2, 0.25) is 0 Å². The monoisotopic (exact) mass is 790 g/mol. The number of hydrogen-bond acceptors (Lipinski definition) is 4. The molecule has 55 heavy (non-hydrogen) atoms. The Kier molecular flexibility index (Phi) is 12.4. The Morgan fingerprint density at radius 2 is 0.982 bits per heavy atom. The van der Waals surface area contributed by atoms with E-state index < -0.39 is 0 Å². The van der Waals surface area contributed by atoms with Crippen LogP contribution in [0.1, 0.15) is 142 Å². The second kappa shape index (κ2) is 16.2. The molecule has 1 saturated carbocycles. The van der Waals surface area contributed by atoms with E-state index in [1.807, 2.05) is 30.3 Å². The molecule has 4 aromatic rings. The Morgan fingerprint density at radius 1 is 0.582 bits per heavy atom. The van der Waals surface area contributed by atoms with Crippen molar-refractivity contribution in [2.45, 2.75) is 143 Å². The molecule has 2 unspecified atom stereocenters. The van der Waals surface area contributed by atoms with Crippen molar-refractivity contribution in [3.8, 4) is 28.7 Å². The van der Waals surface area contributed by atoms with Gasteiger partial charge in [-0.2, -0.15) is 0 Å². The van der Waals surface area contributed by atoms with Gasteiger partial charge in [0.15, 0.2) is 0 Å². The molecule has 6 rings (SSSR count). The van der Waals surface area contributed by atoms with E-state index in [1.165, 1.54) is 36.1 Å². The second-order valence-electron chi connectivity index (χ2n) is 19.2. The summed E-state index contributed by atoms with van der Waals surface area (Å²) >= 11 is 1.10. The van der Waals surface area contributed by atoms with E-state index in [1.54, 1.807) is 12.1 Å². The van der Waals surface area contributed by atoms with Crippen LogP contribution >= 0.6 is 0 Å². The Balaban J connectivity index is 0.000000345. The number of phenols is 2. The van der Waals surface area contributed by atoms with Crippen molar-refractivity contribution in [1.82, 2.24) is 0 Å². The normalized spacial score (nSPS) is 19.3.